The number of anilines is 2. The second-order valence-electron chi connectivity index (χ2n) is 8.48. The fraction of sp³-hybridized carbons (Fsp3) is 0.250. The van der Waals surface area contributed by atoms with E-state index in [1.165, 1.54) is 0 Å². The fourth-order valence-electron chi connectivity index (χ4n) is 3.39. The van der Waals surface area contributed by atoms with E-state index in [1.807, 2.05) is 79.4 Å². The van der Waals surface area contributed by atoms with Crippen LogP contribution in [0.25, 0.3) is 33.5 Å². The third-order valence-electron chi connectivity index (χ3n) is 5.08. The Bertz CT molecular complexity index is 1610. The Morgan fingerprint density at radius 3 is 1.62 bits per heavy atom. The van der Waals surface area contributed by atoms with Gasteiger partial charge in [0.15, 0.2) is 16.9 Å². The minimum Gasteiger partial charge on any atom is -0.375 e. The zero-order chi connectivity index (χ0) is 28.5. The van der Waals surface area contributed by atoms with Gasteiger partial charge in [-0.15, -0.1) is 0 Å². The minimum atomic E-state index is 0. The Balaban J connectivity index is 0.000000555. The summed E-state index contributed by atoms with van der Waals surface area (Å²) in [6.45, 7) is 0. The summed E-state index contributed by atoms with van der Waals surface area (Å²) < 4.78 is 4.72. The molecule has 0 aliphatic rings. The van der Waals surface area contributed by atoms with Gasteiger partial charge in [0.2, 0.25) is 0 Å². The number of hydrogen-bond acceptors (Lipinski definition) is 9. The molecule has 230 valence electrons. The molecule has 0 radical (unpaired) electrons. The smallest absolute Gasteiger partial charge is 0.163 e. The maximum atomic E-state index is 4.28. The molecule has 12 nitrogen and oxygen atoms in total. The number of H-pyrrole nitrogens is 1. The van der Waals surface area contributed by atoms with E-state index >= 15 is 0 Å². The molecule has 0 aliphatic heterocycles. The quantitative estimate of drug-likeness (QED) is 0.255. The fourth-order valence-corrected chi connectivity index (χ4v) is 4.78. The summed E-state index contributed by atoms with van der Waals surface area (Å²) >= 11 is 3.38. The maximum absolute atomic E-state index is 4.28. The van der Waals surface area contributed by atoms with Gasteiger partial charge in [0.05, 0.1) is 15.8 Å². The molecule has 0 bridgehead atoms. The first kappa shape index (κ1) is 42.5. The monoisotopic (exact) mass is 750 g/mol. The SMILES string of the molecule is CN(C)c1c[nH]c2nccnc12.CN(C)c1cn(P)c2nccnc12.CNC.Pn1cc(Br)c2nccnc21.[Ar].[Ar].[Ar]. The largest absolute Gasteiger partial charge is 0.375 e. The van der Waals surface area contributed by atoms with Gasteiger partial charge < -0.3 is 28.8 Å². The first-order valence-corrected chi connectivity index (χ1v) is 13.5. The van der Waals surface area contributed by atoms with E-state index in [4.69, 9.17) is 0 Å². The average molecular weight is 751 g/mol. The van der Waals surface area contributed by atoms with Gasteiger partial charge in [0, 0.05) is 197 Å². The van der Waals surface area contributed by atoms with E-state index in [2.05, 4.69) is 74.9 Å². The summed E-state index contributed by atoms with van der Waals surface area (Å²) in [5, 5.41) is 2.75. The van der Waals surface area contributed by atoms with Crippen LogP contribution in [0.1, 0.15) is 0 Å². The van der Waals surface area contributed by atoms with Gasteiger partial charge in [0.25, 0.3) is 0 Å². The van der Waals surface area contributed by atoms with Gasteiger partial charge in [-0.2, -0.15) is 0 Å². The second kappa shape index (κ2) is 21.4. The Kier molecular flexibility index (Phi) is 21.6. The predicted octanol–water partition coefficient (Wildman–Crippen LogP) is 3.83. The number of aromatic nitrogens is 9. The van der Waals surface area contributed by atoms with Crippen molar-refractivity contribution in [2.24, 2.45) is 0 Å². The molecular weight excluding hydrogens is 718 g/mol. The molecule has 6 rings (SSSR count). The molecule has 0 saturated carbocycles. The van der Waals surface area contributed by atoms with Gasteiger partial charge in [-0.05, 0) is 48.8 Å². The van der Waals surface area contributed by atoms with Crippen LogP contribution in [0.2, 0.25) is 0 Å². The summed E-state index contributed by atoms with van der Waals surface area (Å²) in [6, 6.07) is 0. The van der Waals surface area contributed by atoms with Crippen molar-refractivity contribution in [3.05, 3.63) is 60.2 Å². The second-order valence-corrected chi connectivity index (χ2v) is 10.4. The van der Waals surface area contributed by atoms with Crippen molar-refractivity contribution in [3.63, 3.8) is 0 Å². The van der Waals surface area contributed by atoms with E-state index in [0.717, 1.165) is 49.3 Å². The first-order valence-electron chi connectivity index (χ1n) is 11.7. The van der Waals surface area contributed by atoms with Crippen LogP contribution in [-0.4, -0.2) is 85.8 Å². The van der Waals surface area contributed by atoms with E-state index < -0.39 is 0 Å². The van der Waals surface area contributed by atoms with Gasteiger partial charge >= 0.3 is 0 Å². The summed E-state index contributed by atoms with van der Waals surface area (Å²) in [6.07, 6.45) is 16.0. The molecule has 0 amide bonds. The van der Waals surface area contributed by atoms with Gasteiger partial charge in [-0.1, -0.05) is 0 Å². The molecule has 6 heterocycles. The Hall–Kier alpha value is 0.539. The Labute approximate surface area is 348 Å². The number of hydrogen-bond donors (Lipinski definition) is 2. The van der Waals surface area contributed by atoms with E-state index in [0.29, 0.717) is 0 Å². The molecule has 6 aromatic heterocycles. The van der Waals surface area contributed by atoms with Crippen LogP contribution in [0.5, 0.6) is 0 Å². The molecule has 0 aliphatic carbocycles. The molecule has 2 atom stereocenters. The van der Waals surface area contributed by atoms with Crippen molar-refractivity contribution >= 4 is 79.6 Å². The summed E-state index contributed by atoms with van der Waals surface area (Å²) in [4.78, 5) is 32.3. The Morgan fingerprint density at radius 1 is 0.667 bits per heavy atom. The number of fused-ring (bicyclic) bond motifs is 3. The summed E-state index contributed by atoms with van der Waals surface area (Å²) in [5.41, 5.74) is 7.48. The zero-order valence-corrected chi connectivity index (χ0v) is 29.8. The number of nitrogens with zero attached hydrogens (tertiary/aromatic N) is 10. The molecule has 0 saturated heterocycles. The van der Waals surface area contributed by atoms with Crippen LogP contribution in [-0.2, 0) is 0 Å². The van der Waals surface area contributed by atoms with Crippen LogP contribution in [0.3, 0.4) is 0 Å². The third kappa shape index (κ3) is 11.4. The molecule has 0 aromatic carbocycles. The van der Waals surface area contributed by atoms with Crippen LogP contribution in [0.15, 0.2) is 60.2 Å². The number of nitrogens with one attached hydrogen (secondary N) is 2. The first-order chi connectivity index (χ1) is 18.7. The normalized spacial score (nSPS) is 9.55. The number of aromatic amines is 1. The van der Waals surface area contributed by atoms with Crippen molar-refractivity contribution in [1.82, 2.24) is 48.9 Å². The van der Waals surface area contributed by atoms with Gasteiger partial charge in [-0.3, -0.25) is 4.98 Å². The molecule has 2 unspecified atom stereocenters. The van der Waals surface area contributed by atoms with E-state index in [9.17, 15) is 0 Å². The molecular formula is C24H33Ar3BrN12P2. The number of halogens is 1. The molecule has 42 heavy (non-hydrogen) atoms. The maximum Gasteiger partial charge on any atom is 0.163 e. The Morgan fingerprint density at radius 2 is 1.10 bits per heavy atom. The van der Waals surface area contributed by atoms with Gasteiger partial charge in [-0.25, -0.2) is 24.9 Å². The van der Waals surface area contributed by atoms with Crippen LogP contribution in [0.4, 0.5) is 11.4 Å². The van der Waals surface area contributed by atoms with Crippen molar-refractivity contribution < 1.29 is 113 Å². The molecule has 6 aromatic rings. The minimum absolute atomic E-state index is 0. The van der Waals surface area contributed by atoms with Crippen molar-refractivity contribution in [2.45, 2.75) is 0 Å². The van der Waals surface area contributed by atoms with Crippen LogP contribution < -0.4 is 15.1 Å². The van der Waals surface area contributed by atoms with E-state index in [-0.39, 0.29) is 113 Å². The zero-order valence-electron chi connectivity index (χ0n) is 23.8. The van der Waals surface area contributed by atoms with Crippen LogP contribution in [0, 0.1) is 113 Å². The van der Waals surface area contributed by atoms with Gasteiger partial charge in [0.1, 0.15) is 16.6 Å². The topological polar surface area (TPSA) is 122 Å². The third-order valence-corrected chi connectivity index (χ3v) is 6.45. The summed E-state index contributed by atoms with van der Waals surface area (Å²) in [5.74, 6) is 0. The standard InChI is InChI=1S/C8H11N4P.C8H10N4.C6H5BrN3P.C2H7N.3Ar/c1-11(2)6-5-12(13)8-7(6)9-3-4-10-8;1-12(2)6-5-11-8-7(6)9-3-4-10-8;7-4-3-10(11)6-5(4)8-1-2-9-6;1-3-2;;;/h3-5H,13H2,1-2H3;3-5H,1-2H3,(H,10,11);1-3H,11H2;3H,1-2H3;;;. The molecule has 0 spiro atoms. The van der Waals surface area contributed by atoms with Crippen molar-refractivity contribution in [2.75, 3.05) is 52.1 Å². The molecule has 18 heteroatoms. The van der Waals surface area contributed by atoms with Crippen molar-refractivity contribution in [3.8, 4) is 0 Å². The number of rotatable bonds is 2. The predicted molar refractivity (Wildman–Crippen MR) is 170 cm³/mol. The van der Waals surface area contributed by atoms with Crippen molar-refractivity contribution in [1.29, 1.82) is 0 Å². The molecule has 0 fully saturated rings. The summed E-state index contributed by atoms with van der Waals surface area (Å²) in [7, 11) is 16.9. The van der Waals surface area contributed by atoms with Crippen LogP contribution >= 0.6 is 34.7 Å². The molecule has 2 N–H and O–H groups in total. The van der Waals surface area contributed by atoms with E-state index in [1.54, 1.807) is 37.2 Å². The average Bonchev–Trinajstić information content (AvgIpc) is 3.60.